The molecule has 1 aliphatic rings. The second kappa shape index (κ2) is 3.38. The molecular formula is C9H18O. The van der Waals surface area contributed by atoms with Crippen LogP contribution in [0.2, 0.25) is 0 Å². The predicted octanol–water partition coefficient (Wildman–Crippen LogP) is 2.19. The molecule has 1 saturated carbocycles. The van der Waals surface area contributed by atoms with Crippen LogP contribution < -0.4 is 0 Å². The van der Waals surface area contributed by atoms with Crippen molar-refractivity contribution >= 4 is 0 Å². The minimum Gasteiger partial charge on any atom is -0.393 e. The Kier molecular flexibility index (Phi) is 2.72. The van der Waals surface area contributed by atoms with E-state index in [-0.39, 0.29) is 6.10 Å². The summed E-state index contributed by atoms with van der Waals surface area (Å²) in [4.78, 5) is 0. The summed E-state index contributed by atoms with van der Waals surface area (Å²) in [5.41, 5.74) is 0. The van der Waals surface area contributed by atoms with Crippen LogP contribution in [0.15, 0.2) is 0 Å². The quantitative estimate of drug-likeness (QED) is 0.595. The van der Waals surface area contributed by atoms with Crippen LogP contribution in [0.4, 0.5) is 0 Å². The summed E-state index contributed by atoms with van der Waals surface area (Å²) in [5, 5.41) is 9.48. The summed E-state index contributed by atoms with van der Waals surface area (Å²) >= 11 is 0. The zero-order valence-electron chi connectivity index (χ0n) is 7.01. The van der Waals surface area contributed by atoms with Gasteiger partial charge in [0.25, 0.3) is 0 Å². The van der Waals surface area contributed by atoms with E-state index in [2.05, 4.69) is 13.8 Å². The molecule has 0 amide bonds. The topological polar surface area (TPSA) is 20.2 Å². The Bertz CT molecular complexity index is 101. The number of aliphatic hydroxyl groups is 1. The molecule has 1 N–H and O–H groups in total. The van der Waals surface area contributed by atoms with Crippen LogP contribution in [0.1, 0.15) is 39.5 Å². The van der Waals surface area contributed by atoms with Crippen molar-refractivity contribution in [3.8, 4) is 0 Å². The smallest absolute Gasteiger partial charge is 0.0568 e. The van der Waals surface area contributed by atoms with Gasteiger partial charge in [-0.2, -0.15) is 0 Å². The molecule has 0 aliphatic heterocycles. The van der Waals surface area contributed by atoms with Gasteiger partial charge in [-0.25, -0.2) is 0 Å². The van der Waals surface area contributed by atoms with Crippen molar-refractivity contribution in [2.45, 2.75) is 45.6 Å². The maximum absolute atomic E-state index is 9.48. The normalized spacial score (nSPS) is 41.7. The van der Waals surface area contributed by atoms with E-state index in [9.17, 15) is 5.11 Å². The molecule has 60 valence electrons. The highest BCUT2D eigenvalue weighted by Gasteiger charge is 2.24. The SMILES string of the molecule is CCC1CCC(C)[C@H](O)C1. The molecule has 0 spiro atoms. The largest absolute Gasteiger partial charge is 0.393 e. The molecular weight excluding hydrogens is 124 g/mol. The second-order valence-electron chi connectivity index (χ2n) is 3.63. The molecule has 2 unspecified atom stereocenters. The summed E-state index contributed by atoms with van der Waals surface area (Å²) in [5.74, 6) is 1.34. The summed E-state index contributed by atoms with van der Waals surface area (Å²) in [6.07, 6.45) is 4.81. The first-order valence-corrected chi connectivity index (χ1v) is 4.42. The van der Waals surface area contributed by atoms with Gasteiger partial charge < -0.3 is 5.11 Å². The van der Waals surface area contributed by atoms with Gasteiger partial charge in [0.2, 0.25) is 0 Å². The van der Waals surface area contributed by atoms with Gasteiger partial charge in [-0.1, -0.05) is 26.7 Å². The Morgan fingerprint density at radius 3 is 2.60 bits per heavy atom. The van der Waals surface area contributed by atoms with Gasteiger partial charge in [-0.3, -0.25) is 0 Å². The first kappa shape index (κ1) is 8.06. The van der Waals surface area contributed by atoms with Crippen LogP contribution in [0, 0.1) is 11.8 Å². The maximum atomic E-state index is 9.48. The minimum atomic E-state index is -0.0151. The third-order valence-corrected chi connectivity index (χ3v) is 2.84. The molecule has 3 atom stereocenters. The lowest BCUT2D eigenvalue weighted by Crippen LogP contribution is -2.26. The lowest BCUT2D eigenvalue weighted by atomic mass is 9.80. The van der Waals surface area contributed by atoms with Crippen molar-refractivity contribution in [2.75, 3.05) is 0 Å². The zero-order valence-corrected chi connectivity index (χ0v) is 7.01. The molecule has 0 radical (unpaired) electrons. The van der Waals surface area contributed by atoms with Crippen molar-refractivity contribution in [2.24, 2.45) is 11.8 Å². The maximum Gasteiger partial charge on any atom is 0.0568 e. The van der Waals surface area contributed by atoms with E-state index in [0.717, 1.165) is 12.3 Å². The highest BCUT2D eigenvalue weighted by molar-refractivity contribution is 4.76. The van der Waals surface area contributed by atoms with Crippen LogP contribution in [0.3, 0.4) is 0 Å². The van der Waals surface area contributed by atoms with Crippen LogP contribution in [-0.2, 0) is 0 Å². The highest BCUT2D eigenvalue weighted by atomic mass is 16.3. The molecule has 0 aromatic heterocycles. The van der Waals surface area contributed by atoms with Gasteiger partial charge in [0.05, 0.1) is 6.10 Å². The molecule has 10 heavy (non-hydrogen) atoms. The Hall–Kier alpha value is -0.0400. The molecule has 0 aromatic rings. The van der Waals surface area contributed by atoms with Crippen molar-refractivity contribution in [1.29, 1.82) is 0 Å². The minimum absolute atomic E-state index is 0.0151. The first-order valence-electron chi connectivity index (χ1n) is 4.42. The van der Waals surface area contributed by atoms with Crippen LogP contribution in [0.25, 0.3) is 0 Å². The van der Waals surface area contributed by atoms with Crippen LogP contribution in [-0.4, -0.2) is 11.2 Å². The van der Waals surface area contributed by atoms with Crippen molar-refractivity contribution in [3.63, 3.8) is 0 Å². The van der Waals surface area contributed by atoms with Crippen molar-refractivity contribution in [3.05, 3.63) is 0 Å². The van der Waals surface area contributed by atoms with E-state index < -0.39 is 0 Å². The Morgan fingerprint density at radius 2 is 2.10 bits per heavy atom. The highest BCUT2D eigenvalue weighted by Crippen LogP contribution is 2.30. The average molecular weight is 142 g/mol. The lowest BCUT2D eigenvalue weighted by molar-refractivity contribution is 0.0524. The number of aliphatic hydroxyl groups excluding tert-OH is 1. The fourth-order valence-electron chi connectivity index (χ4n) is 1.75. The summed E-state index contributed by atoms with van der Waals surface area (Å²) in [6.45, 7) is 4.36. The van der Waals surface area contributed by atoms with E-state index in [0.29, 0.717) is 5.92 Å². The number of hydrogen-bond donors (Lipinski definition) is 1. The Morgan fingerprint density at radius 1 is 1.40 bits per heavy atom. The summed E-state index contributed by atoms with van der Waals surface area (Å²) in [6, 6.07) is 0. The molecule has 1 rings (SSSR count). The lowest BCUT2D eigenvalue weighted by Gasteiger charge is -2.30. The van der Waals surface area contributed by atoms with Gasteiger partial charge in [0.1, 0.15) is 0 Å². The fraction of sp³-hybridized carbons (Fsp3) is 1.00. The van der Waals surface area contributed by atoms with E-state index in [1.807, 2.05) is 0 Å². The molecule has 1 heteroatoms. The van der Waals surface area contributed by atoms with Gasteiger partial charge in [-0.15, -0.1) is 0 Å². The number of rotatable bonds is 1. The number of hydrogen-bond acceptors (Lipinski definition) is 1. The van der Waals surface area contributed by atoms with Crippen LogP contribution >= 0.6 is 0 Å². The molecule has 1 fully saturated rings. The third kappa shape index (κ3) is 1.72. The Balaban J connectivity index is 2.33. The second-order valence-corrected chi connectivity index (χ2v) is 3.63. The predicted molar refractivity (Wildman–Crippen MR) is 42.8 cm³/mol. The molecule has 0 aromatic carbocycles. The fourth-order valence-corrected chi connectivity index (χ4v) is 1.75. The van der Waals surface area contributed by atoms with E-state index in [4.69, 9.17) is 0 Å². The monoisotopic (exact) mass is 142 g/mol. The van der Waals surface area contributed by atoms with Crippen molar-refractivity contribution < 1.29 is 5.11 Å². The van der Waals surface area contributed by atoms with Crippen LogP contribution in [0.5, 0.6) is 0 Å². The third-order valence-electron chi connectivity index (χ3n) is 2.84. The van der Waals surface area contributed by atoms with E-state index in [1.165, 1.54) is 19.3 Å². The molecule has 1 nitrogen and oxygen atoms in total. The first-order chi connectivity index (χ1) is 4.74. The average Bonchev–Trinajstić information content (AvgIpc) is 1.95. The molecule has 0 heterocycles. The van der Waals surface area contributed by atoms with Gasteiger partial charge in [0.15, 0.2) is 0 Å². The van der Waals surface area contributed by atoms with Gasteiger partial charge in [-0.05, 0) is 24.7 Å². The zero-order chi connectivity index (χ0) is 7.56. The Labute approximate surface area is 63.4 Å². The standard InChI is InChI=1S/C9H18O/c1-3-8-5-4-7(2)9(10)6-8/h7-10H,3-6H2,1-2H3/t7?,8?,9-/m1/s1. The molecule has 1 aliphatic carbocycles. The molecule has 0 bridgehead atoms. The van der Waals surface area contributed by atoms with E-state index >= 15 is 0 Å². The summed E-state index contributed by atoms with van der Waals surface area (Å²) < 4.78 is 0. The van der Waals surface area contributed by atoms with Gasteiger partial charge >= 0.3 is 0 Å². The summed E-state index contributed by atoms with van der Waals surface area (Å²) in [7, 11) is 0. The molecule has 0 saturated heterocycles. The van der Waals surface area contributed by atoms with Crippen molar-refractivity contribution in [1.82, 2.24) is 0 Å². The van der Waals surface area contributed by atoms with E-state index in [1.54, 1.807) is 0 Å². The van der Waals surface area contributed by atoms with Gasteiger partial charge in [0, 0.05) is 0 Å².